The van der Waals surface area contributed by atoms with Gasteiger partial charge in [-0.25, -0.2) is 8.42 Å². The van der Waals surface area contributed by atoms with Gasteiger partial charge < -0.3 is 10.2 Å². The number of hydrogen-bond acceptors (Lipinski definition) is 4. The maximum Gasteiger partial charge on any atom is 0.244 e. The summed E-state index contributed by atoms with van der Waals surface area (Å²) in [7, 11) is -3.81. The molecule has 0 fully saturated rings. The normalized spacial score (nSPS) is 13.1. The topological polar surface area (TPSA) is 86.8 Å². The van der Waals surface area contributed by atoms with Gasteiger partial charge in [0.15, 0.2) is 0 Å². The van der Waals surface area contributed by atoms with Crippen LogP contribution >= 0.6 is 0 Å². The molecule has 3 rings (SSSR count). The summed E-state index contributed by atoms with van der Waals surface area (Å²) in [5, 5.41) is 4.59. The number of carbonyl (C=O) groups excluding carboxylic acids is 2. The van der Waals surface area contributed by atoms with E-state index in [2.05, 4.69) is 5.32 Å². The van der Waals surface area contributed by atoms with Crippen LogP contribution in [0.2, 0.25) is 0 Å². The molecule has 8 heteroatoms. The number of carbonyl (C=O) groups is 2. The van der Waals surface area contributed by atoms with Crippen molar-refractivity contribution in [2.24, 2.45) is 0 Å². The third-order valence-corrected chi connectivity index (χ3v) is 7.70. The van der Waals surface area contributed by atoms with E-state index in [-0.39, 0.29) is 18.5 Å². The van der Waals surface area contributed by atoms with E-state index in [4.69, 9.17) is 0 Å². The Kier molecular flexibility index (Phi) is 9.32. The van der Waals surface area contributed by atoms with Gasteiger partial charge in [-0.2, -0.15) is 0 Å². The van der Waals surface area contributed by atoms with E-state index in [1.54, 1.807) is 12.1 Å². The summed E-state index contributed by atoms with van der Waals surface area (Å²) in [6.07, 6.45) is 2.25. The number of hydrogen-bond donors (Lipinski definition) is 1. The molecule has 3 aromatic carbocycles. The smallest absolute Gasteiger partial charge is 0.244 e. The second kappa shape index (κ2) is 12.2. The van der Waals surface area contributed by atoms with Crippen molar-refractivity contribution < 1.29 is 18.0 Å². The predicted molar refractivity (Wildman–Crippen MR) is 150 cm³/mol. The van der Waals surface area contributed by atoms with Gasteiger partial charge in [-0.3, -0.25) is 13.9 Å². The molecule has 0 bridgehead atoms. The fourth-order valence-electron chi connectivity index (χ4n) is 4.27. The lowest BCUT2D eigenvalue weighted by Crippen LogP contribution is -2.53. The first-order valence-electron chi connectivity index (χ1n) is 12.7. The van der Waals surface area contributed by atoms with Crippen molar-refractivity contribution in [3.8, 4) is 0 Å². The van der Waals surface area contributed by atoms with Crippen molar-refractivity contribution in [2.75, 3.05) is 17.1 Å². The van der Waals surface area contributed by atoms with E-state index in [1.807, 2.05) is 82.3 Å². The quantitative estimate of drug-likeness (QED) is 0.397. The molecule has 0 saturated heterocycles. The molecule has 2 amide bonds. The summed E-state index contributed by atoms with van der Waals surface area (Å²) in [5.41, 5.74) is 2.38. The minimum Gasteiger partial charge on any atom is -0.352 e. The lowest BCUT2D eigenvalue weighted by Gasteiger charge is -2.33. The van der Waals surface area contributed by atoms with Gasteiger partial charge in [-0.05, 0) is 43.7 Å². The van der Waals surface area contributed by atoms with Crippen LogP contribution in [0.15, 0.2) is 66.7 Å². The van der Waals surface area contributed by atoms with Crippen LogP contribution in [0.25, 0.3) is 10.8 Å². The highest BCUT2D eigenvalue weighted by Crippen LogP contribution is 2.29. The Hall–Kier alpha value is -3.39. The van der Waals surface area contributed by atoms with Gasteiger partial charge in [0.2, 0.25) is 21.8 Å². The summed E-state index contributed by atoms with van der Waals surface area (Å²) in [6, 6.07) is 19.8. The average molecular weight is 524 g/mol. The standard InChI is InChI=1S/C29H37N3O4S/c1-6-22(4)30-29(34)26(7-2)31(19-23-17-15-21(3)16-18-23)28(33)20-32(37(5,35)36)27-14-10-12-24-11-8-9-13-25(24)27/h8-18,22,26H,6-7,19-20H2,1-5H3,(H,30,34)/t22-,26-/m1/s1. The van der Waals surface area contributed by atoms with Crippen molar-refractivity contribution in [3.63, 3.8) is 0 Å². The highest BCUT2D eigenvalue weighted by atomic mass is 32.2. The van der Waals surface area contributed by atoms with E-state index < -0.39 is 28.5 Å². The molecule has 0 heterocycles. The van der Waals surface area contributed by atoms with Gasteiger partial charge in [-0.1, -0.05) is 80.1 Å². The van der Waals surface area contributed by atoms with E-state index in [9.17, 15) is 18.0 Å². The van der Waals surface area contributed by atoms with Crippen molar-refractivity contribution >= 4 is 38.3 Å². The van der Waals surface area contributed by atoms with Gasteiger partial charge in [0, 0.05) is 18.0 Å². The summed E-state index contributed by atoms with van der Waals surface area (Å²) in [6.45, 7) is 7.52. The van der Waals surface area contributed by atoms with Crippen LogP contribution in [0.4, 0.5) is 5.69 Å². The van der Waals surface area contributed by atoms with Gasteiger partial charge >= 0.3 is 0 Å². The molecule has 7 nitrogen and oxygen atoms in total. The Balaban J connectivity index is 2.01. The lowest BCUT2D eigenvalue weighted by atomic mass is 10.1. The van der Waals surface area contributed by atoms with Crippen LogP contribution in [0.3, 0.4) is 0 Å². The molecule has 0 radical (unpaired) electrons. The molecule has 0 spiro atoms. The first kappa shape index (κ1) is 28.2. The van der Waals surface area contributed by atoms with Gasteiger partial charge in [-0.15, -0.1) is 0 Å². The molecule has 0 aliphatic carbocycles. The number of nitrogens with zero attached hydrogens (tertiary/aromatic N) is 2. The van der Waals surface area contributed by atoms with Crippen LogP contribution in [-0.4, -0.2) is 50.0 Å². The first-order valence-corrected chi connectivity index (χ1v) is 14.5. The summed E-state index contributed by atoms with van der Waals surface area (Å²) >= 11 is 0. The average Bonchev–Trinajstić information content (AvgIpc) is 2.87. The summed E-state index contributed by atoms with van der Waals surface area (Å²) in [4.78, 5) is 28.6. The number of sulfonamides is 1. The highest BCUT2D eigenvalue weighted by molar-refractivity contribution is 7.92. The molecule has 3 aromatic rings. The van der Waals surface area contributed by atoms with Crippen molar-refractivity contribution in [1.82, 2.24) is 10.2 Å². The molecule has 0 aliphatic rings. The molecule has 0 aliphatic heterocycles. The molecule has 198 valence electrons. The van der Waals surface area contributed by atoms with Crippen molar-refractivity contribution in [2.45, 2.75) is 59.2 Å². The Morgan fingerprint density at radius 2 is 1.57 bits per heavy atom. The second-order valence-corrected chi connectivity index (χ2v) is 11.4. The van der Waals surface area contributed by atoms with E-state index in [0.29, 0.717) is 12.1 Å². The number of rotatable bonds is 11. The Morgan fingerprint density at radius 3 is 2.19 bits per heavy atom. The van der Waals surface area contributed by atoms with Crippen LogP contribution in [0.5, 0.6) is 0 Å². The maximum atomic E-state index is 13.9. The maximum absolute atomic E-state index is 13.9. The SMILES string of the molecule is CC[C@@H](C)NC(=O)[C@@H](CC)N(Cc1ccc(C)cc1)C(=O)CN(c1cccc2ccccc12)S(C)(=O)=O. The van der Waals surface area contributed by atoms with E-state index in [0.717, 1.165) is 38.9 Å². The van der Waals surface area contributed by atoms with Gasteiger partial charge in [0.25, 0.3) is 0 Å². The van der Waals surface area contributed by atoms with Crippen molar-refractivity contribution in [3.05, 3.63) is 77.9 Å². The molecule has 0 unspecified atom stereocenters. The fourth-order valence-corrected chi connectivity index (χ4v) is 5.13. The van der Waals surface area contributed by atoms with Crippen LogP contribution in [0.1, 0.15) is 44.7 Å². The largest absolute Gasteiger partial charge is 0.352 e. The Labute approximate surface area is 220 Å². The minimum absolute atomic E-state index is 0.0407. The fraction of sp³-hybridized carbons (Fsp3) is 0.379. The van der Waals surface area contributed by atoms with E-state index >= 15 is 0 Å². The first-order chi connectivity index (χ1) is 17.5. The summed E-state index contributed by atoms with van der Waals surface area (Å²) < 4.78 is 27.1. The number of aryl methyl sites for hydroxylation is 1. The number of amides is 2. The third kappa shape index (κ3) is 7.10. The molecule has 37 heavy (non-hydrogen) atoms. The molecule has 1 N–H and O–H groups in total. The monoisotopic (exact) mass is 523 g/mol. The third-order valence-electron chi connectivity index (χ3n) is 6.57. The van der Waals surface area contributed by atoms with E-state index in [1.165, 1.54) is 4.90 Å². The molecule has 0 saturated carbocycles. The second-order valence-electron chi connectivity index (χ2n) is 9.52. The van der Waals surface area contributed by atoms with Crippen LogP contribution in [0, 0.1) is 6.92 Å². The number of benzene rings is 3. The van der Waals surface area contributed by atoms with Gasteiger partial charge in [0.1, 0.15) is 12.6 Å². The van der Waals surface area contributed by atoms with Gasteiger partial charge in [0.05, 0.1) is 11.9 Å². The van der Waals surface area contributed by atoms with Crippen LogP contribution in [-0.2, 0) is 26.2 Å². The molecule has 0 aromatic heterocycles. The molecular formula is C29H37N3O4S. The van der Waals surface area contributed by atoms with Crippen LogP contribution < -0.4 is 9.62 Å². The zero-order valence-electron chi connectivity index (χ0n) is 22.3. The Bertz CT molecular complexity index is 1330. The predicted octanol–water partition coefficient (Wildman–Crippen LogP) is 4.64. The Morgan fingerprint density at radius 1 is 0.919 bits per heavy atom. The number of fused-ring (bicyclic) bond motifs is 1. The molecular weight excluding hydrogens is 486 g/mol. The lowest BCUT2D eigenvalue weighted by molar-refractivity contribution is -0.140. The van der Waals surface area contributed by atoms with Crippen molar-refractivity contribution in [1.29, 1.82) is 0 Å². The highest BCUT2D eigenvalue weighted by Gasteiger charge is 2.32. The number of anilines is 1. The minimum atomic E-state index is -3.81. The summed E-state index contributed by atoms with van der Waals surface area (Å²) in [5.74, 6) is -0.682. The zero-order chi connectivity index (χ0) is 27.2. The molecule has 2 atom stereocenters. The zero-order valence-corrected chi connectivity index (χ0v) is 23.1. The number of nitrogens with one attached hydrogen (secondary N) is 1.